The molecule has 2 aromatic carbocycles. The summed E-state index contributed by atoms with van der Waals surface area (Å²) in [5, 5.41) is 17.6. The van der Waals surface area contributed by atoms with Crippen molar-refractivity contribution in [3.63, 3.8) is 0 Å². The molecule has 130 valence electrons. The molecule has 6 nitrogen and oxygen atoms in total. The van der Waals surface area contributed by atoms with Crippen molar-refractivity contribution in [1.29, 1.82) is 10.5 Å². The smallest absolute Gasteiger partial charge is 0.338 e. The maximum Gasteiger partial charge on any atom is 0.338 e. The van der Waals surface area contributed by atoms with Gasteiger partial charge in [-0.25, -0.2) is 4.79 Å². The van der Waals surface area contributed by atoms with E-state index in [9.17, 15) is 9.59 Å². The van der Waals surface area contributed by atoms with Gasteiger partial charge in [0.05, 0.1) is 29.7 Å². The Kier molecular flexibility index (Phi) is 6.47. The van der Waals surface area contributed by atoms with Crippen molar-refractivity contribution in [2.45, 2.75) is 19.4 Å². The van der Waals surface area contributed by atoms with E-state index in [4.69, 9.17) is 15.3 Å². The Labute approximate surface area is 151 Å². The normalized spacial score (nSPS) is 10.9. The molecule has 0 saturated carbocycles. The molecule has 0 aliphatic carbocycles. The van der Waals surface area contributed by atoms with E-state index < -0.39 is 18.0 Å². The summed E-state index contributed by atoms with van der Waals surface area (Å²) in [6.07, 6.45) is -0.853. The van der Waals surface area contributed by atoms with Crippen molar-refractivity contribution in [3.05, 3.63) is 65.7 Å². The summed E-state index contributed by atoms with van der Waals surface area (Å²) < 4.78 is 5.26. The molecule has 0 aliphatic heterocycles. The van der Waals surface area contributed by atoms with Crippen LogP contribution >= 0.6 is 0 Å². The number of benzene rings is 2. The highest BCUT2D eigenvalue weighted by atomic mass is 16.5. The van der Waals surface area contributed by atoms with Crippen LogP contribution in [0.1, 0.15) is 29.3 Å². The van der Waals surface area contributed by atoms with Crippen LogP contribution in [0.2, 0.25) is 0 Å². The highest BCUT2D eigenvalue weighted by molar-refractivity contribution is 5.99. The molecule has 6 heteroatoms. The van der Waals surface area contributed by atoms with E-state index in [1.807, 2.05) is 18.2 Å². The molecule has 0 N–H and O–H groups in total. The Bertz CT molecular complexity index is 849. The highest BCUT2D eigenvalue weighted by Crippen LogP contribution is 2.16. The van der Waals surface area contributed by atoms with Crippen LogP contribution in [-0.4, -0.2) is 24.5 Å². The number of esters is 1. The number of rotatable bonds is 6. The molecule has 0 heterocycles. The third-order valence-corrected chi connectivity index (χ3v) is 3.66. The summed E-state index contributed by atoms with van der Waals surface area (Å²) >= 11 is 0. The van der Waals surface area contributed by atoms with Crippen molar-refractivity contribution >= 4 is 17.6 Å². The van der Waals surface area contributed by atoms with Crippen LogP contribution in [0.4, 0.5) is 5.69 Å². The Morgan fingerprint density at radius 3 is 2.31 bits per heavy atom. The quantitative estimate of drug-likeness (QED) is 0.749. The predicted octanol–water partition coefficient (Wildman–Crippen LogP) is 3.05. The lowest BCUT2D eigenvalue weighted by atomic mass is 10.1. The first-order valence-corrected chi connectivity index (χ1v) is 8.01. The minimum absolute atomic E-state index is 0.164. The maximum atomic E-state index is 12.7. The first-order valence-electron chi connectivity index (χ1n) is 8.01. The fourth-order valence-electron chi connectivity index (χ4n) is 2.32. The van der Waals surface area contributed by atoms with Crippen molar-refractivity contribution in [2.24, 2.45) is 0 Å². The van der Waals surface area contributed by atoms with Crippen LogP contribution in [-0.2, 0) is 9.53 Å². The molecule has 26 heavy (non-hydrogen) atoms. The van der Waals surface area contributed by atoms with Crippen LogP contribution in [0.5, 0.6) is 0 Å². The van der Waals surface area contributed by atoms with E-state index in [1.54, 1.807) is 24.3 Å². The number of ether oxygens (including phenoxy) is 1. The minimum Gasteiger partial charge on any atom is -0.449 e. The Morgan fingerprint density at radius 2 is 1.73 bits per heavy atom. The fraction of sp³-hybridized carbons (Fsp3) is 0.200. The van der Waals surface area contributed by atoms with Gasteiger partial charge in [0.15, 0.2) is 6.10 Å². The first-order chi connectivity index (χ1) is 12.6. The van der Waals surface area contributed by atoms with Crippen LogP contribution in [0.3, 0.4) is 0 Å². The summed E-state index contributed by atoms with van der Waals surface area (Å²) in [7, 11) is 0. The fourth-order valence-corrected chi connectivity index (χ4v) is 2.32. The number of amides is 1. The molecule has 0 fully saturated rings. The Hall–Kier alpha value is -3.64. The van der Waals surface area contributed by atoms with Crippen LogP contribution in [0.15, 0.2) is 54.6 Å². The Morgan fingerprint density at radius 1 is 1.08 bits per heavy atom. The van der Waals surface area contributed by atoms with Crippen molar-refractivity contribution in [1.82, 2.24) is 0 Å². The van der Waals surface area contributed by atoms with E-state index in [2.05, 4.69) is 0 Å². The molecule has 2 aromatic rings. The van der Waals surface area contributed by atoms with Crippen LogP contribution in [0.25, 0.3) is 0 Å². The maximum absolute atomic E-state index is 12.7. The van der Waals surface area contributed by atoms with E-state index in [-0.39, 0.29) is 18.5 Å². The third-order valence-electron chi connectivity index (χ3n) is 3.66. The van der Waals surface area contributed by atoms with Crippen molar-refractivity contribution < 1.29 is 14.3 Å². The molecular weight excluding hydrogens is 330 g/mol. The van der Waals surface area contributed by atoms with E-state index in [0.29, 0.717) is 11.3 Å². The third kappa shape index (κ3) is 4.68. The van der Waals surface area contributed by atoms with Crippen molar-refractivity contribution in [2.75, 3.05) is 11.4 Å². The topological polar surface area (TPSA) is 94.2 Å². The number of para-hydroxylation sites is 1. The zero-order chi connectivity index (χ0) is 18.9. The number of hydrogen-bond acceptors (Lipinski definition) is 5. The summed E-state index contributed by atoms with van der Waals surface area (Å²) in [6.45, 7) is 1.70. The van der Waals surface area contributed by atoms with E-state index in [1.165, 1.54) is 36.1 Å². The number of nitriles is 2. The van der Waals surface area contributed by atoms with Gasteiger partial charge < -0.3 is 9.64 Å². The zero-order valence-electron chi connectivity index (χ0n) is 14.3. The average Bonchev–Trinajstić information content (AvgIpc) is 2.68. The molecule has 0 bridgehead atoms. The minimum atomic E-state index is -1.02. The molecule has 1 atom stereocenters. The molecule has 0 aromatic heterocycles. The summed E-state index contributed by atoms with van der Waals surface area (Å²) in [6, 6.07) is 18.8. The van der Waals surface area contributed by atoms with Gasteiger partial charge >= 0.3 is 5.97 Å². The molecule has 0 unspecified atom stereocenters. The lowest BCUT2D eigenvalue weighted by Gasteiger charge is -2.25. The van der Waals surface area contributed by atoms with Gasteiger partial charge in [-0.3, -0.25) is 4.79 Å². The number of nitrogens with zero attached hydrogens (tertiary/aromatic N) is 3. The highest BCUT2D eigenvalue weighted by Gasteiger charge is 2.25. The molecule has 0 saturated heterocycles. The molecule has 2 rings (SSSR count). The van der Waals surface area contributed by atoms with Gasteiger partial charge in [-0.2, -0.15) is 10.5 Å². The lowest BCUT2D eigenvalue weighted by Crippen LogP contribution is -2.40. The number of anilines is 1. The summed E-state index contributed by atoms with van der Waals surface area (Å²) in [4.78, 5) is 26.3. The van der Waals surface area contributed by atoms with Crippen LogP contribution < -0.4 is 4.90 Å². The van der Waals surface area contributed by atoms with Gasteiger partial charge in [-0.15, -0.1) is 0 Å². The SMILES string of the molecule is C[C@H](OC(=O)c1ccc(C#N)cc1)C(=O)N(CCC#N)c1ccccc1. The van der Waals surface area contributed by atoms with Crippen LogP contribution in [0, 0.1) is 22.7 Å². The van der Waals surface area contributed by atoms with E-state index in [0.717, 1.165) is 0 Å². The predicted molar refractivity (Wildman–Crippen MR) is 95.1 cm³/mol. The van der Waals surface area contributed by atoms with Gasteiger partial charge in [0, 0.05) is 12.2 Å². The molecule has 0 aliphatic rings. The second kappa shape index (κ2) is 9.00. The number of hydrogen-bond donors (Lipinski definition) is 0. The summed E-state index contributed by atoms with van der Waals surface area (Å²) in [5.74, 6) is -1.06. The molecule has 0 radical (unpaired) electrons. The van der Waals surface area contributed by atoms with Gasteiger partial charge in [0.25, 0.3) is 5.91 Å². The number of carbonyl (C=O) groups is 2. The first kappa shape index (κ1) is 18.7. The standard InChI is InChI=1S/C20H17N3O3/c1-15(26-20(25)17-10-8-16(14-22)9-11-17)19(24)23(13-5-12-21)18-6-3-2-4-7-18/h2-4,6-11,15H,5,13H2,1H3/t15-/m0/s1. The molecular formula is C20H17N3O3. The lowest BCUT2D eigenvalue weighted by molar-refractivity contribution is -0.126. The average molecular weight is 347 g/mol. The molecule has 0 spiro atoms. The largest absolute Gasteiger partial charge is 0.449 e. The second-order valence-electron chi connectivity index (χ2n) is 5.47. The second-order valence-corrected chi connectivity index (χ2v) is 5.47. The van der Waals surface area contributed by atoms with Gasteiger partial charge in [0.2, 0.25) is 0 Å². The van der Waals surface area contributed by atoms with Crippen molar-refractivity contribution in [3.8, 4) is 12.1 Å². The Balaban J connectivity index is 2.11. The van der Waals surface area contributed by atoms with Gasteiger partial charge in [-0.05, 0) is 43.3 Å². The number of carbonyl (C=O) groups excluding carboxylic acids is 2. The molecule has 1 amide bonds. The monoisotopic (exact) mass is 347 g/mol. The van der Waals surface area contributed by atoms with Gasteiger partial charge in [0.1, 0.15) is 0 Å². The summed E-state index contributed by atoms with van der Waals surface area (Å²) in [5.41, 5.74) is 1.32. The van der Waals surface area contributed by atoms with Gasteiger partial charge in [-0.1, -0.05) is 18.2 Å². The van der Waals surface area contributed by atoms with E-state index >= 15 is 0 Å². The zero-order valence-corrected chi connectivity index (χ0v) is 14.3.